The minimum absolute atomic E-state index is 0.110. The largest absolute Gasteiger partial charge is 0.305 e. The Hall–Kier alpha value is -3.10. The van der Waals surface area contributed by atoms with Gasteiger partial charge in [0.15, 0.2) is 0 Å². The molecule has 0 aromatic carbocycles. The van der Waals surface area contributed by atoms with E-state index in [1.807, 2.05) is 13.8 Å². The van der Waals surface area contributed by atoms with Crippen molar-refractivity contribution in [3.63, 3.8) is 0 Å². The second-order valence-electron chi connectivity index (χ2n) is 5.99. The minimum Gasteiger partial charge on any atom is -0.305 e. The number of aromatic nitrogens is 4. The number of rotatable bonds is 4. The zero-order valence-electron chi connectivity index (χ0n) is 14.3. The lowest BCUT2D eigenvalue weighted by Gasteiger charge is -2.18. The number of nitrogens with one attached hydrogen (secondary N) is 1. The molecule has 1 aliphatic rings. The lowest BCUT2D eigenvalue weighted by Crippen LogP contribution is -2.34. The van der Waals surface area contributed by atoms with E-state index in [0.717, 1.165) is 5.69 Å². The summed E-state index contributed by atoms with van der Waals surface area (Å²) >= 11 is 0. The average molecular weight is 341 g/mol. The zero-order chi connectivity index (χ0) is 18.0. The maximum Gasteiger partial charge on any atom is 0.273 e. The maximum absolute atomic E-state index is 12.5. The molecule has 2 aromatic heterocycles. The number of hydrogen-bond donors (Lipinski definition) is 1. The number of hydrazone groups is 1. The Morgan fingerprint density at radius 3 is 2.60 bits per heavy atom. The Kier molecular flexibility index (Phi) is 4.55. The summed E-state index contributed by atoms with van der Waals surface area (Å²) in [5.41, 5.74) is 1.11. The summed E-state index contributed by atoms with van der Waals surface area (Å²) in [6.45, 7) is 4.02. The molecule has 25 heavy (non-hydrogen) atoms. The van der Waals surface area contributed by atoms with E-state index in [2.05, 4.69) is 25.5 Å². The molecule has 0 atom stereocenters. The number of amides is 2. The second kappa shape index (κ2) is 6.80. The van der Waals surface area contributed by atoms with Gasteiger partial charge >= 0.3 is 0 Å². The number of hydrogen-bond acceptors (Lipinski definition) is 6. The molecule has 0 aliphatic carbocycles. The smallest absolute Gasteiger partial charge is 0.273 e. The Balaban J connectivity index is 1.90. The van der Waals surface area contributed by atoms with Crippen LogP contribution in [0.25, 0.3) is 5.95 Å². The van der Waals surface area contributed by atoms with Crippen LogP contribution in [0.4, 0.5) is 5.82 Å². The highest BCUT2D eigenvalue weighted by Crippen LogP contribution is 2.21. The molecule has 0 fully saturated rings. The van der Waals surface area contributed by atoms with Crippen LogP contribution in [-0.2, 0) is 9.59 Å². The number of carbonyl (C=O) groups excluding carboxylic acids is 2. The molecule has 0 saturated heterocycles. The van der Waals surface area contributed by atoms with Crippen LogP contribution in [0.3, 0.4) is 0 Å². The van der Waals surface area contributed by atoms with E-state index in [9.17, 15) is 9.59 Å². The van der Waals surface area contributed by atoms with E-state index in [4.69, 9.17) is 0 Å². The molecule has 130 valence electrons. The minimum atomic E-state index is -0.369. The van der Waals surface area contributed by atoms with Gasteiger partial charge in [0.2, 0.25) is 5.91 Å². The van der Waals surface area contributed by atoms with Crippen molar-refractivity contribution in [1.29, 1.82) is 0 Å². The lowest BCUT2D eigenvalue weighted by molar-refractivity contribution is -0.130. The summed E-state index contributed by atoms with van der Waals surface area (Å²) in [7, 11) is 1.54. The molecule has 3 rings (SSSR count). The first kappa shape index (κ1) is 16.7. The van der Waals surface area contributed by atoms with Crippen LogP contribution in [-0.4, -0.2) is 49.3 Å². The van der Waals surface area contributed by atoms with Crippen molar-refractivity contribution >= 4 is 23.3 Å². The van der Waals surface area contributed by atoms with Crippen molar-refractivity contribution in [2.24, 2.45) is 5.10 Å². The first-order chi connectivity index (χ1) is 12.0. The highest BCUT2D eigenvalue weighted by molar-refractivity contribution is 6.43. The summed E-state index contributed by atoms with van der Waals surface area (Å²) in [5, 5.41) is 12.5. The molecule has 0 bridgehead atoms. The van der Waals surface area contributed by atoms with Crippen LogP contribution < -0.4 is 5.32 Å². The van der Waals surface area contributed by atoms with E-state index < -0.39 is 0 Å². The van der Waals surface area contributed by atoms with Gasteiger partial charge in [-0.15, -0.1) is 0 Å². The normalized spacial score (nSPS) is 14.6. The highest BCUT2D eigenvalue weighted by atomic mass is 16.2. The first-order valence-electron chi connectivity index (χ1n) is 7.98. The molecule has 1 N–H and O–H groups in total. The molecule has 1 aliphatic heterocycles. The molecule has 0 unspecified atom stereocenters. The quantitative estimate of drug-likeness (QED) is 0.903. The Bertz CT molecular complexity index is 826. The van der Waals surface area contributed by atoms with Gasteiger partial charge in [0.1, 0.15) is 11.5 Å². The van der Waals surface area contributed by atoms with E-state index in [1.165, 1.54) is 16.7 Å². The molecule has 2 aromatic rings. The number of anilines is 1. The molecule has 3 heterocycles. The SMILES string of the molecule is CC(C)c1cc(NC(=O)C2=NN(C)C(=O)CC2)n(-c2ncccn2)n1. The fourth-order valence-electron chi connectivity index (χ4n) is 2.35. The van der Waals surface area contributed by atoms with Gasteiger partial charge in [0, 0.05) is 38.3 Å². The molecule has 0 saturated carbocycles. The standard InChI is InChI=1S/C16H19N7O2/c1-10(2)12-9-13(23(21-12)16-17-7-4-8-18-16)19-15(25)11-5-6-14(24)22(3)20-11/h4,7-10H,5-6H2,1-3H3,(H,19,25). The molecule has 0 spiro atoms. The van der Waals surface area contributed by atoms with Crippen LogP contribution in [0.2, 0.25) is 0 Å². The van der Waals surface area contributed by atoms with Gasteiger partial charge in [-0.05, 0) is 12.0 Å². The maximum atomic E-state index is 12.5. The molecule has 2 amide bonds. The monoisotopic (exact) mass is 341 g/mol. The molecule has 9 nitrogen and oxygen atoms in total. The van der Waals surface area contributed by atoms with Gasteiger partial charge in [-0.1, -0.05) is 13.8 Å². The fourth-order valence-corrected chi connectivity index (χ4v) is 2.35. The third kappa shape index (κ3) is 3.54. The summed E-state index contributed by atoms with van der Waals surface area (Å²) in [6, 6.07) is 3.50. The third-order valence-corrected chi connectivity index (χ3v) is 3.77. The Morgan fingerprint density at radius 2 is 1.96 bits per heavy atom. The molecular formula is C16H19N7O2. The van der Waals surface area contributed by atoms with E-state index in [-0.39, 0.29) is 24.2 Å². The van der Waals surface area contributed by atoms with Gasteiger partial charge in [-0.25, -0.2) is 15.0 Å². The summed E-state index contributed by atoms with van der Waals surface area (Å²) in [4.78, 5) is 32.4. The van der Waals surface area contributed by atoms with Gasteiger partial charge in [0.25, 0.3) is 11.9 Å². The van der Waals surface area contributed by atoms with E-state index in [1.54, 1.807) is 24.5 Å². The Labute approximate surface area is 144 Å². The van der Waals surface area contributed by atoms with Crippen molar-refractivity contribution < 1.29 is 9.59 Å². The van der Waals surface area contributed by atoms with Crippen molar-refractivity contribution in [1.82, 2.24) is 24.8 Å². The first-order valence-corrected chi connectivity index (χ1v) is 7.98. The van der Waals surface area contributed by atoms with Crippen LogP contribution >= 0.6 is 0 Å². The fraction of sp³-hybridized carbons (Fsp3) is 0.375. The average Bonchev–Trinajstić information content (AvgIpc) is 3.02. The van der Waals surface area contributed by atoms with Crippen molar-refractivity contribution in [3.05, 3.63) is 30.2 Å². The van der Waals surface area contributed by atoms with Crippen LogP contribution in [0.15, 0.2) is 29.6 Å². The highest BCUT2D eigenvalue weighted by Gasteiger charge is 2.24. The van der Waals surface area contributed by atoms with Gasteiger partial charge in [-0.3, -0.25) is 9.59 Å². The van der Waals surface area contributed by atoms with Crippen molar-refractivity contribution in [2.75, 3.05) is 12.4 Å². The third-order valence-electron chi connectivity index (χ3n) is 3.77. The topological polar surface area (TPSA) is 105 Å². The predicted molar refractivity (Wildman–Crippen MR) is 91.3 cm³/mol. The van der Waals surface area contributed by atoms with Crippen molar-refractivity contribution in [2.45, 2.75) is 32.6 Å². The van der Waals surface area contributed by atoms with Crippen molar-refractivity contribution in [3.8, 4) is 5.95 Å². The molecule has 9 heteroatoms. The number of carbonyl (C=O) groups is 2. The summed E-state index contributed by atoms with van der Waals surface area (Å²) in [6.07, 6.45) is 3.79. The van der Waals surface area contributed by atoms with Gasteiger partial charge in [0.05, 0.1) is 5.69 Å². The van der Waals surface area contributed by atoms with E-state index in [0.29, 0.717) is 23.9 Å². The molecule has 0 radical (unpaired) electrons. The van der Waals surface area contributed by atoms with Crippen LogP contribution in [0, 0.1) is 0 Å². The number of nitrogens with zero attached hydrogens (tertiary/aromatic N) is 6. The zero-order valence-corrected chi connectivity index (χ0v) is 14.3. The summed E-state index contributed by atoms with van der Waals surface area (Å²) < 4.78 is 1.49. The van der Waals surface area contributed by atoms with Crippen LogP contribution in [0.5, 0.6) is 0 Å². The lowest BCUT2D eigenvalue weighted by atomic mass is 10.1. The van der Waals surface area contributed by atoms with Gasteiger partial charge < -0.3 is 5.32 Å². The molecular weight excluding hydrogens is 322 g/mol. The Morgan fingerprint density at radius 1 is 1.24 bits per heavy atom. The predicted octanol–water partition coefficient (Wildman–Crippen LogP) is 1.33. The van der Waals surface area contributed by atoms with E-state index >= 15 is 0 Å². The second-order valence-corrected chi connectivity index (χ2v) is 5.99. The van der Waals surface area contributed by atoms with Crippen LogP contribution in [0.1, 0.15) is 38.3 Å². The van der Waals surface area contributed by atoms with Gasteiger partial charge in [-0.2, -0.15) is 14.9 Å². The summed E-state index contributed by atoms with van der Waals surface area (Å²) in [5.74, 6) is 0.522.